The number of aliphatic hydroxyl groups is 1. The molecule has 0 aliphatic carbocycles. The minimum atomic E-state index is -3.74. The quantitative estimate of drug-likeness (QED) is 0.889. The third-order valence-corrected chi connectivity index (χ3v) is 4.55. The highest BCUT2D eigenvalue weighted by molar-refractivity contribution is 7.89. The van der Waals surface area contributed by atoms with Crippen LogP contribution in [0.3, 0.4) is 0 Å². The van der Waals surface area contributed by atoms with Gasteiger partial charge in [0.25, 0.3) is 0 Å². The Labute approximate surface area is 105 Å². The number of benzene rings is 1. The van der Waals surface area contributed by atoms with Crippen molar-refractivity contribution < 1.29 is 17.9 Å². The fourth-order valence-corrected chi connectivity index (χ4v) is 2.98. The van der Waals surface area contributed by atoms with Crippen LogP contribution in [-0.2, 0) is 10.0 Å². The van der Waals surface area contributed by atoms with Crippen LogP contribution in [0.2, 0.25) is 5.02 Å². The molecule has 96 valence electrons. The van der Waals surface area contributed by atoms with E-state index in [4.69, 9.17) is 16.7 Å². The number of aliphatic hydroxyl groups excluding tert-OH is 1. The number of halogens is 2. The van der Waals surface area contributed by atoms with Crippen molar-refractivity contribution in [2.75, 3.05) is 20.2 Å². The second-order valence-electron chi connectivity index (χ2n) is 3.48. The average molecular weight is 282 g/mol. The van der Waals surface area contributed by atoms with Crippen LogP contribution in [0.1, 0.15) is 6.42 Å². The van der Waals surface area contributed by atoms with Crippen molar-refractivity contribution in [2.45, 2.75) is 11.3 Å². The minimum Gasteiger partial charge on any atom is -0.396 e. The first-order valence-corrected chi connectivity index (χ1v) is 6.73. The Hall–Kier alpha value is -0.690. The minimum absolute atomic E-state index is 0.100. The maximum Gasteiger partial charge on any atom is 0.244 e. The molecule has 0 aliphatic heterocycles. The Balaban J connectivity index is 3.04. The van der Waals surface area contributed by atoms with Crippen LogP contribution in [0.4, 0.5) is 4.39 Å². The third-order valence-electron chi connectivity index (χ3n) is 2.21. The lowest BCUT2D eigenvalue weighted by molar-refractivity contribution is 0.275. The number of rotatable bonds is 5. The molecule has 0 aromatic heterocycles. The van der Waals surface area contributed by atoms with E-state index in [1.165, 1.54) is 7.05 Å². The fourth-order valence-electron chi connectivity index (χ4n) is 1.27. The van der Waals surface area contributed by atoms with Gasteiger partial charge in [0.15, 0.2) is 0 Å². The molecule has 0 radical (unpaired) electrons. The van der Waals surface area contributed by atoms with E-state index in [-0.39, 0.29) is 23.1 Å². The van der Waals surface area contributed by atoms with E-state index >= 15 is 0 Å². The van der Waals surface area contributed by atoms with Gasteiger partial charge in [0.2, 0.25) is 10.0 Å². The van der Waals surface area contributed by atoms with Crippen LogP contribution in [0.15, 0.2) is 23.1 Å². The number of sulfonamides is 1. The number of hydrogen-bond acceptors (Lipinski definition) is 3. The van der Waals surface area contributed by atoms with Gasteiger partial charge in [-0.25, -0.2) is 17.1 Å². The van der Waals surface area contributed by atoms with Crippen molar-refractivity contribution in [3.8, 4) is 0 Å². The second kappa shape index (κ2) is 5.77. The Morgan fingerprint density at radius 2 is 2.12 bits per heavy atom. The van der Waals surface area contributed by atoms with Gasteiger partial charge in [-0.1, -0.05) is 11.6 Å². The van der Waals surface area contributed by atoms with Crippen molar-refractivity contribution in [3.63, 3.8) is 0 Å². The monoisotopic (exact) mass is 281 g/mol. The molecule has 0 unspecified atom stereocenters. The summed E-state index contributed by atoms with van der Waals surface area (Å²) in [6.07, 6.45) is 0.328. The standard InChI is InChI=1S/C10H13ClFNO3S/c1-13(5-2-6-14)17(15,16)10-4-3-8(12)7-9(10)11/h3-4,7,14H,2,5-6H2,1H3. The van der Waals surface area contributed by atoms with Crippen molar-refractivity contribution in [3.05, 3.63) is 29.0 Å². The van der Waals surface area contributed by atoms with Crippen LogP contribution in [0.5, 0.6) is 0 Å². The van der Waals surface area contributed by atoms with E-state index in [9.17, 15) is 12.8 Å². The number of nitrogens with zero attached hydrogens (tertiary/aromatic N) is 1. The molecule has 0 heterocycles. The molecular formula is C10H13ClFNO3S. The van der Waals surface area contributed by atoms with Gasteiger partial charge in [-0.15, -0.1) is 0 Å². The van der Waals surface area contributed by atoms with E-state index in [1.807, 2.05) is 0 Å². The van der Waals surface area contributed by atoms with Gasteiger partial charge in [0, 0.05) is 20.2 Å². The first kappa shape index (κ1) is 14.4. The Bertz CT molecular complexity index is 492. The molecule has 1 aromatic carbocycles. The predicted molar refractivity (Wildman–Crippen MR) is 62.9 cm³/mol. The van der Waals surface area contributed by atoms with E-state index in [0.717, 1.165) is 22.5 Å². The molecule has 4 nitrogen and oxygen atoms in total. The van der Waals surface area contributed by atoms with E-state index < -0.39 is 15.8 Å². The molecule has 7 heteroatoms. The molecule has 17 heavy (non-hydrogen) atoms. The zero-order valence-electron chi connectivity index (χ0n) is 9.23. The van der Waals surface area contributed by atoms with Gasteiger partial charge < -0.3 is 5.11 Å². The third kappa shape index (κ3) is 3.38. The lowest BCUT2D eigenvalue weighted by Gasteiger charge is -2.17. The largest absolute Gasteiger partial charge is 0.396 e. The highest BCUT2D eigenvalue weighted by atomic mass is 35.5. The van der Waals surface area contributed by atoms with Crippen LogP contribution in [-0.4, -0.2) is 38.0 Å². The summed E-state index contributed by atoms with van der Waals surface area (Å²) in [5, 5.41) is 8.49. The van der Waals surface area contributed by atoms with Crippen molar-refractivity contribution in [2.24, 2.45) is 0 Å². The van der Waals surface area contributed by atoms with E-state index in [2.05, 4.69) is 0 Å². The molecule has 0 fully saturated rings. The Morgan fingerprint density at radius 3 is 2.65 bits per heavy atom. The van der Waals surface area contributed by atoms with Gasteiger partial charge in [0.05, 0.1) is 5.02 Å². The molecule has 0 saturated heterocycles. The SMILES string of the molecule is CN(CCCO)S(=O)(=O)c1ccc(F)cc1Cl. The topological polar surface area (TPSA) is 57.6 Å². The zero-order chi connectivity index (χ0) is 13.1. The van der Waals surface area contributed by atoms with Gasteiger partial charge in [-0.3, -0.25) is 0 Å². The smallest absolute Gasteiger partial charge is 0.244 e. The summed E-state index contributed by atoms with van der Waals surface area (Å²) >= 11 is 5.70. The lowest BCUT2D eigenvalue weighted by Crippen LogP contribution is -2.28. The normalized spacial score (nSPS) is 12.1. The lowest BCUT2D eigenvalue weighted by atomic mass is 10.3. The van der Waals surface area contributed by atoms with Gasteiger partial charge in [-0.05, 0) is 24.6 Å². The van der Waals surface area contributed by atoms with Crippen molar-refractivity contribution in [1.82, 2.24) is 4.31 Å². The molecule has 1 rings (SSSR count). The molecular weight excluding hydrogens is 269 g/mol. The molecule has 0 bridgehead atoms. The molecule has 0 amide bonds. The highest BCUT2D eigenvalue weighted by Gasteiger charge is 2.23. The Morgan fingerprint density at radius 1 is 1.47 bits per heavy atom. The summed E-state index contributed by atoms with van der Waals surface area (Å²) < 4.78 is 37.9. The first-order chi connectivity index (χ1) is 7.89. The summed E-state index contributed by atoms with van der Waals surface area (Å²) in [7, 11) is -2.36. The van der Waals surface area contributed by atoms with Gasteiger partial charge in [0.1, 0.15) is 10.7 Å². The fraction of sp³-hybridized carbons (Fsp3) is 0.400. The molecule has 0 aliphatic rings. The highest BCUT2D eigenvalue weighted by Crippen LogP contribution is 2.24. The van der Waals surface area contributed by atoms with Crippen LogP contribution >= 0.6 is 11.6 Å². The molecule has 0 atom stereocenters. The summed E-state index contributed by atoms with van der Waals surface area (Å²) in [6, 6.07) is 3.12. The first-order valence-electron chi connectivity index (χ1n) is 4.92. The molecule has 0 spiro atoms. The number of hydrogen-bond donors (Lipinski definition) is 1. The molecule has 1 aromatic rings. The molecule has 0 saturated carbocycles. The van der Waals surface area contributed by atoms with Gasteiger partial charge >= 0.3 is 0 Å². The van der Waals surface area contributed by atoms with Crippen LogP contribution in [0, 0.1) is 5.82 Å². The summed E-state index contributed by atoms with van der Waals surface area (Å²) in [6.45, 7) is 0.0730. The van der Waals surface area contributed by atoms with E-state index in [0.29, 0.717) is 6.42 Å². The average Bonchev–Trinajstić information content (AvgIpc) is 2.25. The maximum atomic E-state index is 12.8. The summed E-state index contributed by atoms with van der Waals surface area (Å²) in [5.74, 6) is -0.591. The Kier molecular flexibility index (Phi) is 4.88. The summed E-state index contributed by atoms with van der Waals surface area (Å²) in [5.41, 5.74) is 0. The predicted octanol–water partition coefficient (Wildman–Crippen LogP) is 1.48. The van der Waals surface area contributed by atoms with Gasteiger partial charge in [-0.2, -0.15) is 0 Å². The van der Waals surface area contributed by atoms with E-state index in [1.54, 1.807) is 0 Å². The maximum absolute atomic E-state index is 12.8. The van der Waals surface area contributed by atoms with Crippen LogP contribution in [0.25, 0.3) is 0 Å². The van der Waals surface area contributed by atoms with Crippen molar-refractivity contribution >= 4 is 21.6 Å². The van der Waals surface area contributed by atoms with Crippen LogP contribution < -0.4 is 0 Å². The van der Waals surface area contributed by atoms with Crippen molar-refractivity contribution in [1.29, 1.82) is 0 Å². The summed E-state index contributed by atoms with van der Waals surface area (Å²) in [4.78, 5) is -0.138. The molecule has 1 N–H and O–H groups in total. The second-order valence-corrected chi connectivity index (χ2v) is 5.90. The zero-order valence-corrected chi connectivity index (χ0v) is 10.8.